The molecule has 22 heteroatoms. The second kappa shape index (κ2) is 22.7. The molecule has 3 aromatic carbocycles. The number of carbonyl (C=O) groups excluding carboxylic acids is 2. The maximum atomic E-state index is 13.7. The number of aliphatic hydroxyl groups excluding tert-OH is 3. The summed E-state index contributed by atoms with van der Waals surface area (Å²) in [4.78, 5) is 63.1. The van der Waals surface area contributed by atoms with Crippen LogP contribution in [0.3, 0.4) is 0 Å². The van der Waals surface area contributed by atoms with Gasteiger partial charge in [-0.25, -0.2) is 19.6 Å². The number of pyridine rings is 1. The third-order valence-corrected chi connectivity index (χ3v) is 18.1. The van der Waals surface area contributed by atoms with Crippen LogP contribution in [0, 0.1) is 23.2 Å². The predicted molar refractivity (Wildman–Crippen MR) is 302 cm³/mol. The van der Waals surface area contributed by atoms with Crippen LogP contribution in [0.25, 0.3) is 21.3 Å². The molecule has 5 heterocycles. The zero-order valence-electron chi connectivity index (χ0n) is 46.1. The SMILES string of the molecule is Cc1c(-c2ccc(N3CCc4cccc(C(=O)Nc5nc6ccccc6s5)c4C3)nc2C(=O)O)cnn1CC12CC3(OCCNCC(=O)OCc4ccc(CCCN)cc4O[C@H]4O[C@H](C(=O)O)[C@@H](O)[C@H](O)[C@H]4O)C[C@@](C)(C1)C[C@](C)(C2)C3. The van der Waals surface area contributed by atoms with Gasteiger partial charge in [-0.15, -0.1) is 0 Å². The van der Waals surface area contributed by atoms with Crippen molar-refractivity contribution in [1.82, 2.24) is 25.1 Å². The molecule has 3 aromatic heterocycles. The number of hydrogen-bond donors (Lipinski definition) is 8. The molecule has 1 saturated heterocycles. The van der Waals surface area contributed by atoms with Gasteiger partial charge in [-0.05, 0) is 141 Å². The second-order valence-corrected chi connectivity index (χ2v) is 25.0. The Kier molecular flexibility index (Phi) is 15.8. The molecule has 0 radical (unpaired) electrons. The number of carboxylic acids is 2. The van der Waals surface area contributed by atoms with Gasteiger partial charge in [0.1, 0.15) is 36.5 Å². The summed E-state index contributed by atoms with van der Waals surface area (Å²) >= 11 is 1.42. The normalized spacial score (nSPS) is 27.3. The first-order valence-corrected chi connectivity index (χ1v) is 28.8. The number of hydrogen-bond acceptors (Lipinski definition) is 18. The molecule has 9 N–H and O–H groups in total. The van der Waals surface area contributed by atoms with Crippen molar-refractivity contribution >= 4 is 56.3 Å². The average Bonchev–Trinajstić information content (AvgIpc) is 1.72. The lowest BCUT2D eigenvalue weighted by molar-refractivity contribution is -0.271. The van der Waals surface area contributed by atoms with E-state index in [1.807, 2.05) is 77.2 Å². The summed E-state index contributed by atoms with van der Waals surface area (Å²) in [6.07, 6.45) is 0.384. The number of amides is 1. The Balaban J connectivity index is 0.718. The lowest BCUT2D eigenvalue weighted by Gasteiger charge is -2.69. The number of nitrogens with two attached hydrogens (primary N) is 1. The Morgan fingerprint density at radius 2 is 1.68 bits per heavy atom. The van der Waals surface area contributed by atoms with Crippen LogP contribution in [0.5, 0.6) is 5.75 Å². The number of aliphatic carboxylic acids is 1. The maximum absolute atomic E-state index is 13.7. The summed E-state index contributed by atoms with van der Waals surface area (Å²) in [5.74, 6) is -2.85. The van der Waals surface area contributed by atoms with Crippen molar-refractivity contribution in [2.45, 2.75) is 135 Å². The van der Waals surface area contributed by atoms with Crippen molar-refractivity contribution in [3.05, 3.63) is 118 Å². The van der Waals surface area contributed by atoms with Crippen LogP contribution in [0.2, 0.25) is 0 Å². The topological polar surface area (TPSA) is 303 Å². The third kappa shape index (κ3) is 11.6. The lowest BCUT2D eigenvalue weighted by atomic mass is 9.39. The number of nitrogens with zero attached hydrogens (tertiary/aromatic N) is 5. The van der Waals surface area contributed by atoms with Gasteiger partial charge in [-0.2, -0.15) is 5.10 Å². The minimum absolute atomic E-state index is 0.0300. The van der Waals surface area contributed by atoms with E-state index < -0.39 is 54.2 Å². The van der Waals surface area contributed by atoms with Gasteiger partial charge < -0.3 is 60.4 Å². The van der Waals surface area contributed by atoms with Gasteiger partial charge in [0.25, 0.3) is 5.91 Å². The smallest absolute Gasteiger partial charge is 0.355 e. The molecule has 12 rings (SSSR count). The van der Waals surface area contributed by atoms with Crippen LogP contribution in [0.15, 0.2) is 79.0 Å². The van der Waals surface area contributed by atoms with Gasteiger partial charge in [0.2, 0.25) is 6.29 Å². The number of para-hydroxylation sites is 1. The first kappa shape index (κ1) is 56.9. The average molecular weight is 1140 g/mol. The highest BCUT2D eigenvalue weighted by Crippen LogP contribution is 2.72. The number of thiazole rings is 1. The number of benzene rings is 3. The third-order valence-electron chi connectivity index (χ3n) is 17.2. The number of carboxylic acid groups (broad SMARTS) is 2. The summed E-state index contributed by atoms with van der Waals surface area (Å²) in [5.41, 5.74) is 11.7. The number of carbonyl (C=O) groups is 4. The van der Waals surface area contributed by atoms with Crippen LogP contribution < -0.4 is 26.0 Å². The summed E-state index contributed by atoms with van der Waals surface area (Å²) in [5, 5.41) is 63.0. The van der Waals surface area contributed by atoms with E-state index in [1.165, 1.54) is 11.3 Å². The molecule has 434 valence electrons. The zero-order chi connectivity index (χ0) is 57.7. The highest BCUT2D eigenvalue weighted by atomic mass is 32.1. The van der Waals surface area contributed by atoms with Crippen LogP contribution in [0.1, 0.15) is 108 Å². The van der Waals surface area contributed by atoms with Gasteiger partial charge in [0, 0.05) is 54.1 Å². The minimum Gasteiger partial charge on any atom is -0.479 e. The number of aromatic nitrogens is 4. The molecule has 1 amide bonds. The van der Waals surface area contributed by atoms with Crippen molar-refractivity contribution in [2.24, 2.45) is 22.0 Å². The number of ether oxygens (including phenoxy) is 4. The highest BCUT2D eigenvalue weighted by molar-refractivity contribution is 7.22. The Bertz CT molecular complexity index is 3370. The summed E-state index contributed by atoms with van der Waals surface area (Å²) in [6.45, 7) is 9.16. The molecular formula is C60H70N8O13S. The maximum Gasteiger partial charge on any atom is 0.355 e. The van der Waals surface area contributed by atoms with Gasteiger partial charge >= 0.3 is 17.9 Å². The molecular weight excluding hydrogens is 1070 g/mol. The van der Waals surface area contributed by atoms with Crippen LogP contribution in [0.4, 0.5) is 10.9 Å². The number of fused-ring (bicyclic) bond motifs is 2. The number of nitrogens with one attached hydrogen (secondary N) is 2. The van der Waals surface area contributed by atoms with Crippen LogP contribution in [-0.2, 0) is 56.3 Å². The second-order valence-electron chi connectivity index (χ2n) is 24.0. The molecule has 82 heavy (non-hydrogen) atoms. The molecule has 7 atom stereocenters. The summed E-state index contributed by atoms with van der Waals surface area (Å²) in [7, 11) is 0. The lowest BCUT2D eigenvalue weighted by Crippen LogP contribution is -2.64. The number of aliphatic hydroxyl groups is 3. The number of aryl methyl sites for hydroxylation is 1. The van der Waals surface area contributed by atoms with Gasteiger partial charge in [0.15, 0.2) is 16.9 Å². The van der Waals surface area contributed by atoms with Crippen molar-refractivity contribution in [3.63, 3.8) is 0 Å². The molecule has 21 nitrogen and oxygen atoms in total. The van der Waals surface area contributed by atoms with Crippen molar-refractivity contribution in [2.75, 3.05) is 43.0 Å². The van der Waals surface area contributed by atoms with Crippen molar-refractivity contribution < 1.29 is 63.7 Å². The molecule has 5 fully saturated rings. The number of esters is 1. The molecule has 4 aliphatic carbocycles. The predicted octanol–water partition coefficient (Wildman–Crippen LogP) is 6.01. The zero-order valence-corrected chi connectivity index (χ0v) is 47.0. The minimum atomic E-state index is -1.89. The molecule has 4 bridgehead atoms. The Hall–Kier alpha value is -6.89. The standard InChI is InChI=1S/C60H70N8O13S/c1-34-40(38-15-16-45(65-47(38)53(74)75)67-20-17-36-9-6-10-39(41(36)25-67)52(73)66-56-64-42-11-4-5-12-44(42)82-56)23-63-68(34)33-59-28-57(2)27-58(3,29-59)31-60(30-57,32-59)79-21-19-62-24-46(69)78-26-37-14-13-35(8-7-18-61)22-43(37)80-55-50(72)48(70)49(71)51(81-55)54(76)77/h4-6,9-16,22-23,48-51,55,62,70-72H,7-8,17-21,24-33,61H2,1-3H3,(H,74,75)(H,76,77)(H,64,66,73)/t48-,49-,50+,51-,55-,57+,58+,59?,60?/m0/s1. The fourth-order valence-electron chi connectivity index (χ4n) is 14.7. The van der Waals surface area contributed by atoms with Gasteiger partial charge in [-0.1, -0.05) is 61.6 Å². The molecule has 0 unspecified atom stereocenters. The van der Waals surface area contributed by atoms with Crippen molar-refractivity contribution in [3.8, 4) is 16.9 Å². The Labute approximate surface area is 477 Å². The quantitative estimate of drug-likeness (QED) is 0.0302. The first-order valence-electron chi connectivity index (χ1n) is 28.0. The number of anilines is 2. The first-order chi connectivity index (χ1) is 39.2. The van der Waals surface area contributed by atoms with Crippen LogP contribution in [-0.4, -0.2) is 138 Å². The van der Waals surface area contributed by atoms with E-state index in [4.69, 9.17) is 34.8 Å². The number of aromatic carboxylic acids is 1. The van der Waals surface area contributed by atoms with E-state index in [2.05, 4.69) is 29.5 Å². The molecule has 6 aromatic rings. The molecule has 2 aliphatic heterocycles. The van der Waals surface area contributed by atoms with E-state index in [9.17, 15) is 44.7 Å². The van der Waals surface area contributed by atoms with E-state index in [0.717, 1.165) is 71.1 Å². The van der Waals surface area contributed by atoms with E-state index in [0.29, 0.717) is 91.8 Å². The molecule has 6 aliphatic rings. The fraction of sp³-hybridized carbons (Fsp3) is 0.483. The monoisotopic (exact) mass is 1140 g/mol. The van der Waals surface area contributed by atoms with E-state index >= 15 is 0 Å². The van der Waals surface area contributed by atoms with E-state index in [-0.39, 0.29) is 46.7 Å². The Morgan fingerprint density at radius 3 is 2.44 bits per heavy atom. The molecule has 0 spiro atoms. The van der Waals surface area contributed by atoms with Gasteiger partial charge in [-0.3, -0.25) is 19.6 Å². The van der Waals surface area contributed by atoms with E-state index in [1.54, 1.807) is 18.3 Å². The summed E-state index contributed by atoms with van der Waals surface area (Å²) in [6, 6.07) is 22.3. The van der Waals surface area contributed by atoms with Crippen LogP contribution >= 0.6 is 11.3 Å². The Morgan fingerprint density at radius 1 is 0.890 bits per heavy atom. The summed E-state index contributed by atoms with van der Waals surface area (Å²) < 4.78 is 26.8. The van der Waals surface area contributed by atoms with Crippen molar-refractivity contribution in [1.29, 1.82) is 0 Å². The molecule has 4 saturated carbocycles. The number of rotatable bonds is 21. The fourth-order valence-corrected chi connectivity index (χ4v) is 15.6. The van der Waals surface area contributed by atoms with Gasteiger partial charge in [0.05, 0.1) is 35.2 Å². The highest BCUT2D eigenvalue weighted by Gasteiger charge is 2.66. The largest absolute Gasteiger partial charge is 0.479 e.